The van der Waals surface area contributed by atoms with Crippen molar-refractivity contribution in [3.63, 3.8) is 0 Å². The Bertz CT molecular complexity index is 2010. The number of aryl methyl sites for hydroxylation is 3. The molecule has 11 nitrogen and oxygen atoms in total. The first-order valence-corrected chi connectivity index (χ1v) is 15.0. The van der Waals surface area contributed by atoms with Gasteiger partial charge in [0, 0.05) is 48.6 Å². The third-order valence-electron chi connectivity index (χ3n) is 9.42. The maximum atomic E-state index is 13.7. The molecule has 45 heavy (non-hydrogen) atoms. The first-order chi connectivity index (χ1) is 21.6. The van der Waals surface area contributed by atoms with Crippen molar-refractivity contribution in [1.29, 1.82) is 0 Å². The molecule has 0 atom stereocenters. The second kappa shape index (κ2) is 9.67. The van der Waals surface area contributed by atoms with Crippen LogP contribution in [0, 0.1) is 13.8 Å². The molecule has 0 aromatic carbocycles. The van der Waals surface area contributed by atoms with Gasteiger partial charge < -0.3 is 23.8 Å². The van der Waals surface area contributed by atoms with E-state index in [0.717, 1.165) is 52.5 Å². The minimum absolute atomic E-state index is 0.187. The normalized spacial score (nSPS) is 18.5. The van der Waals surface area contributed by atoms with E-state index in [1.807, 2.05) is 26.0 Å². The summed E-state index contributed by atoms with van der Waals surface area (Å²) in [7, 11) is 3.41. The van der Waals surface area contributed by atoms with Crippen LogP contribution in [-0.2, 0) is 11.8 Å². The summed E-state index contributed by atoms with van der Waals surface area (Å²) in [6, 6.07) is 5.64. The Morgan fingerprint density at radius 3 is 2.58 bits per heavy atom. The molecule has 232 valence electrons. The van der Waals surface area contributed by atoms with Gasteiger partial charge in [-0.2, -0.15) is 5.10 Å². The molecule has 0 unspecified atom stereocenters. The number of hydrogen-bond donors (Lipinski definition) is 0. The van der Waals surface area contributed by atoms with E-state index in [1.54, 1.807) is 48.1 Å². The van der Waals surface area contributed by atoms with Crippen molar-refractivity contribution in [2.45, 2.75) is 38.2 Å². The van der Waals surface area contributed by atoms with Crippen LogP contribution in [-0.4, -0.2) is 91.5 Å². The number of anilines is 1. The molecule has 0 saturated carbocycles. The highest BCUT2D eigenvalue weighted by atomic mass is 19.3. The highest BCUT2D eigenvalue weighted by Crippen LogP contribution is 2.43. The van der Waals surface area contributed by atoms with Crippen molar-refractivity contribution in [2.75, 3.05) is 44.8 Å². The summed E-state index contributed by atoms with van der Waals surface area (Å²) in [5.74, 6) is -1.33. The van der Waals surface area contributed by atoms with Crippen molar-refractivity contribution in [1.82, 2.24) is 34.2 Å². The molecular weight excluding hydrogens is 582 g/mol. The Morgan fingerprint density at radius 2 is 1.87 bits per heavy atom. The van der Waals surface area contributed by atoms with Gasteiger partial charge in [-0.1, -0.05) is 0 Å². The van der Waals surface area contributed by atoms with E-state index in [0.29, 0.717) is 47.4 Å². The molecule has 0 radical (unpaired) electrons. The summed E-state index contributed by atoms with van der Waals surface area (Å²) in [5, 5.41) is 6.43. The highest BCUT2D eigenvalue weighted by Gasteiger charge is 2.49. The predicted molar refractivity (Wildman–Crippen MR) is 163 cm³/mol. The van der Waals surface area contributed by atoms with Gasteiger partial charge in [0.2, 0.25) is 0 Å². The van der Waals surface area contributed by atoms with Crippen LogP contribution < -0.4 is 9.64 Å². The molecule has 5 aromatic rings. The third kappa shape index (κ3) is 4.20. The molecule has 3 aliphatic heterocycles. The summed E-state index contributed by atoms with van der Waals surface area (Å²) in [4.78, 5) is 31.2. The summed E-state index contributed by atoms with van der Waals surface area (Å²) in [6.07, 6.45) is 7.18. The minimum atomic E-state index is -2.85. The maximum Gasteiger partial charge on any atom is 0.282 e. The lowest BCUT2D eigenvalue weighted by Crippen LogP contribution is -2.62. The number of nitrogens with zero attached hydrogens (tertiary/aromatic N) is 8. The third-order valence-corrected chi connectivity index (χ3v) is 9.42. The molecule has 3 saturated heterocycles. The van der Waals surface area contributed by atoms with Crippen LogP contribution in [0.25, 0.3) is 38.9 Å². The number of likely N-dealkylation sites (tertiary alicyclic amines) is 1. The fourth-order valence-electron chi connectivity index (χ4n) is 7.12. The molecule has 0 bridgehead atoms. The van der Waals surface area contributed by atoms with E-state index >= 15 is 0 Å². The second-order valence-electron chi connectivity index (χ2n) is 12.4. The van der Waals surface area contributed by atoms with E-state index in [1.165, 1.54) is 4.90 Å². The van der Waals surface area contributed by atoms with Gasteiger partial charge in [0.05, 0.1) is 61.8 Å². The average Bonchev–Trinajstić information content (AvgIpc) is 3.72. The molecule has 13 heteroatoms. The van der Waals surface area contributed by atoms with Gasteiger partial charge in [0.1, 0.15) is 22.9 Å². The minimum Gasteiger partial charge on any atom is -0.496 e. The first kappa shape index (κ1) is 27.9. The van der Waals surface area contributed by atoms with Crippen molar-refractivity contribution >= 4 is 33.5 Å². The van der Waals surface area contributed by atoms with Crippen LogP contribution >= 0.6 is 0 Å². The van der Waals surface area contributed by atoms with Gasteiger partial charge in [-0.3, -0.25) is 14.8 Å². The Hall–Kier alpha value is -4.65. The fourth-order valence-corrected chi connectivity index (χ4v) is 7.12. The quantitative estimate of drug-likeness (QED) is 0.286. The van der Waals surface area contributed by atoms with Gasteiger partial charge in [-0.25, -0.2) is 18.4 Å². The zero-order chi connectivity index (χ0) is 31.2. The van der Waals surface area contributed by atoms with Crippen LogP contribution in [0.1, 0.15) is 34.6 Å². The Morgan fingerprint density at radius 1 is 1.07 bits per heavy atom. The largest absolute Gasteiger partial charge is 0.496 e. The zero-order valence-electron chi connectivity index (χ0n) is 25.5. The average molecular weight is 615 g/mol. The van der Waals surface area contributed by atoms with E-state index in [4.69, 9.17) is 24.5 Å². The van der Waals surface area contributed by atoms with E-state index in [-0.39, 0.29) is 5.60 Å². The maximum absolute atomic E-state index is 13.7. The lowest BCUT2D eigenvalue weighted by atomic mass is 9.90. The molecule has 0 aliphatic carbocycles. The molecular formula is C32H32F2N8O3. The number of halogens is 2. The van der Waals surface area contributed by atoms with Gasteiger partial charge in [0.15, 0.2) is 5.82 Å². The summed E-state index contributed by atoms with van der Waals surface area (Å²) in [5.41, 5.74) is 4.69. The Kier molecular flexibility index (Phi) is 5.99. The zero-order valence-corrected chi connectivity index (χ0v) is 25.5. The first-order valence-electron chi connectivity index (χ1n) is 15.0. The van der Waals surface area contributed by atoms with Crippen LogP contribution in [0.4, 0.5) is 14.6 Å². The van der Waals surface area contributed by atoms with Crippen LogP contribution in [0.3, 0.4) is 0 Å². The van der Waals surface area contributed by atoms with Crippen LogP contribution in [0.15, 0.2) is 36.8 Å². The smallest absolute Gasteiger partial charge is 0.282 e. The molecule has 5 aromatic heterocycles. The molecule has 3 aliphatic rings. The number of hydrogen-bond acceptors (Lipinski definition) is 8. The number of alkyl halides is 2. The van der Waals surface area contributed by atoms with Crippen molar-refractivity contribution in [3.05, 3.63) is 53.7 Å². The number of carbonyl (C=O) groups excluding carboxylic acids is 1. The Balaban J connectivity index is 1.30. The number of carbonyl (C=O) groups is 1. The topological polar surface area (TPSA) is 103 Å². The highest BCUT2D eigenvalue weighted by molar-refractivity contribution is 6.06. The number of rotatable bonds is 5. The standard InChI is InChI=1S/C32H32F2N8O3/c1-18-27-24(39(3)28(18)30(43)41-16-32(33,34)17-41)11-26(38-29(27)40-14-31(15-40)7-5-9-45-31)42-23-10-22(37-19(2)20(23)13-36-42)21-12-35-8-6-25(21)44-4/h6,8,10-13H,5,7,9,14-17H2,1-4H3. The SMILES string of the molecule is COc1ccncc1-c1cc2c(cnn2-c2cc3c(c(N4CC5(CCCO5)C4)n2)c(C)c(C(=O)N2CC(F)(F)C2)n3C)c(C)n1. The van der Waals surface area contributed by atoms with Crippen LogP contribution in [0.5, 0.6) is 5.75 Å². The Labute approximate surface area is 257 Å². The monoisotopic (exact) mass is 614 g/mol. The van der Waals surface area contributed by atoms with Gasteiger partial charge in [-0.05, 0) is 44.4 Å². The fraction of sp³-hybridized carbons (Fsp3) is 0.406. The summed E-state index contributed by atoms with van der Waals surface area (Å²) in [6.45, 7) is 4.76. The van der Waals surface area contributed by atoms with E-state index < -0.39 is 24.9 Å². The number of pyridine rings is 3. The van der Waals surface area contributed by atoms with Crippen molar-refractivity contribution in [3.8, 4) is 22.8 Å². The molecule has 8 rings (SSSR count). The van der Waals surface area contributed by atoms with Gasteiger partial charge >= 0.3 is 0 Å². The lowest BCUT2D eigenvalue weighted by molar-refractivity contribution is -0.113. The van der Waals surface area contributed by atoms with Crippen molar-refractivity contribution in [2.24, 2.45) is 7.05 Å². The number of amides is 1. The van der Waals surface area contributed by atoms with Gasteiger partial charge in [-0.15, -0.1) is 0 Å². The molecule has 0 N–H and O–H groups in total. The predicted octanol–water partition coefficient (Wildman–Crippen LogP) is 4.45. The number of ether oxygens (including phenoxy) is 2. The van der Waals surface area contributed by atoms with Gasteiger partial charge in [0.25, 0.3) is 11.8 Å². The van der Waals surface area contributed by atoms with Crippen molar-refractivity contribution < 1.29 is 23.0 Å². The van der Waals surface area contributed by atoms with Crippen LogP contribution in [0.2, 0.25) is 0 Å². The molecule has 8 heterocycles. The van der Waals surface area contributed by atoms with E-state index in [9.17, 15) is 13.6 Å². The van der Waals surface area contributed by atoms with E-state index in [2.05, 4.69) is 9.88 Å². The lowest BCUT2D eigenvalue weighted by Gasteiger charge is -2.48. The molecule has 1 amide bonds. The molecule has 3 fully saturated rings. The number of aromatic nitrogens is 6. The molecule has 1 spiro atoms. The summed E-state index contributed by atoms with van der Waals surface area (Å²) >= 11 is 0. The summed E-state index contributed by atoms with van der Waals surface area (Å²) < 4.78 is 42.7. The number of fused-ring (bicyclic) bond motifs is 2. The second-order valence-corrected chi connectivity index (χ2v) is 12.4. The number of methoxy groups -OCH3 is 1.